The molecule has 1 aromatic rings. The summed E-state index contributed by atoms with van der Waals surface area (Å²) in [6, 6.07) is 8.28. The van der Waals surface area contributed by atoms with Crippen molar-refractivity contribution < 1.29 is 4.74 Å². The minimum Gasteiger partial charge on any atom is -0.493 e. The predicted molar refractivity (Wildman–Crippen MR) is 80.7 cm³/mol. The van der Waals surface area contributed by atoms with Crippen molar-refractivity contribution in [2.24, 2.45) is 5.41 Å². The first kappa shape index (κ1) is 13.8. The first-order valence-electron chi connectivity index (χ1n) is 7.05. The summed E-state index contributed by atoms with van der Waals surface area (Å²) in [4.78, 5) is 0. The molecule has 100 valence electrons. The molecule has 0 heterocycles. The second-order valence-electron chi connectivity index (χ2n) is 5.63. The Kier molecular flexibility index (Phi) is 4.99. The van der Waals surface area contributed by atoms with Gasteiger partial charge in [0.15, 0.2) is 0 Å². The van der Waals surface area contributed by atoms with Gasteiger partial charge < -0.3 is 4.74 Å². The molecule has 0 aliphatic heterocycles. The van der Waals surface area contributed by atoms with Gasteiger partial charge in [0.1, 0.15) is 5.75 Å². The zero-order valence-corrected chi connectivity index (χ0v) is 12.2. The smallest absolute Gasteiger partial charge is 0.122 e. The maximum Gasteiger partial charge on any atom is 0.122 e. The van der Waals surface area contributed by atoms with Gasteiger partial charge in [0, 0.05) is 5.41 Å². The minimum absolute atomic E-state index is 0.294. The van der Waals surface area contributed by atoms with Crippen LogP contribution >= 0.6 is 12.6 Å². The van der Waals surface area contributed by atoms with Gasteiger partial charge in [-0.3, -0.25) is 0 Å². The number of aryl methyl sites for hydroxylation is 1. The SMILES string of the molecule is Cc1ccccc1OCC1(CS)CCCCCC1. The summed E-state index contributed by atoms with van der Waals surface area (Å²) < 4.78 is 6.08. The van der Waals surface area contributed by atoms with Crippen molar-refractivity contribution in [1.82, 2.24) is 0 Å². The van der Waals surface area contributed by atoms with Gasteiger partial charge in [0.2, 0.25) is 0 Å². The number of para-hydroxylation sites is 1. The molecule has 1 nitrogen and oxygen atoms in total. The van der Waals surface area contributed by atoms with Gasteiger partial charge in [0.25, 0.3) is 0 Å². The molecule has 0 radical (unpaired) electrons. The molecule has 2 rings (SSSR count). The lowest BCUT2D eigenvalue weighted by atomic mass is 9.83. The molecule has 1 aliphatic rings. The van der Waals surface area contributed by atoms with E-state index in [-0.39, 0.29) is 0 Å². The topological polar surface area (TPSA) is 9.23 Å². The normalized spacial score (nSPS) is 19.2. The van der Waals surface area contributed by atoms with E-state index in [4.69, 9.17) is 4.74 Å². The standard InChI is InChI=1S/C16H24OS/c1-14-8-4-5-9-15(14)17-12-16(13-18)10-6-2-3-7-11-16/h4-5,8-9,18H,2-3,6-7,10-13H2,1H3. The van der Waals surface area contributed by atoms with E-state index in [1.165, 1.54) is 44.1 Å². The van der Waals surface area contributed by atoms with Gasteiger partial charge in [-0.2, -0.15) is 12.6 Å². The van der Waals surface area contributed by atoms with E-state index in [0.29, 0.717) is 5.41 Å². The van der Waals surface area contributed by atoms with Crippen molar-refractivity contribution >= 4 is 12.6 Å². The molecule has 18 heavy (non-hydrogen) atoms. The van der Waals surface area contributed by atoms with Crippen molar-refractivity contribution in [2.75, 3.05) is 12.4 Å². The van der Waals surface area contributed by atoms with E-state index in [9.17, 15) is 0 Å². The number of ether oxygens (including phenoxy) is 1. The number of benzene rings is 1. The van der Waals surface area contributed by atoms with Crippen LogP contribution in [0.25, 0.3) is 0 Å². The molecule has 0 spiro atoms. The molecule has 0 saturated heterocycles. The lowest BCUT2D eigenvalue weighted by Crippen LogP contribution is -2.30. The van der Waals surface area contributed by atoms with Gasteiger partial charge in [-0.25, -0.2) is 0 Å². The van der Waals surface area contributed by atoms with Crippen LogP contribution in [0.5, 0.6) is 5.75 Å². The summed E-state index contributed by atoms with van der Waals surface area (Å²) in [5.41, 5.74) is 1.52. The molecule has 2 heteroatoms. The molecule has 1 aromatic carbocycles. The number of rotatable bonds is 4. The average molecular weight is 264 g/mol. The highest BCUT2D eigenvalue weighted by Gasteiger charge is 2.30. The summed E-state index contributed by atoms with van der Waals surface area (Å²) in [6.07, 6.45) is 7.94. The van der Waals surface area contributed by atoms with Crippen LogP contribution in [-0.2, 0) is 0 Å². The maximum absolute atomic E-state index is 6.08. The Morgan fingerprint density at radius 1 is 1.11 bits per heavy atom. The van der Waals surface area contributed by atoms with Crippen LogP contribution in [0.15, 0.2) is 24.3 Å². The van der Waals surface area contributed by atoms with Crippen molar-refractivity contribution in [3.05, 3.63) is 29.8 Å². The van der Waals surface area contributed by atoms with Crippen molar-refractivity contribution in [2.45, 2.75) is 45.4 Å². The van der Waals surface area contributed by atoms with Crippen molar-refractivity contribution in [3.8, 4) is 5.75 Å². The number of hydrogen-bond acceptors (Lipinski definition) is 2. The van der Waals surface area contributed by atoms with E-state index in [1.54, 1.807) is 0 Å². The molecule has 0 unspecified atom stereocenters. The predicted octanol–water partition coefficient (Wildman–Crippen LogP) is 4.64. The van der Waals surface area contributed by atoms with Crippen molar-refractivity contribution in [3.63, 3.8) is 0 Å². The van der Waals surface area contributed by atoms with Crippen LogP contribution in [0, 0.1) is 12.3 Å². The molecular weight excluding hydrogens is 240 g/mol. The molecule has 0 bridgehead atoms. The van der Waals surface area contributed by atoms with Crippen LogP contribution in [0.4, 0.5) is 0 Å². The highest BCUT2D eigenvalue weighted by Crippen LogP contribution is 2.36. The molecule has 0 amide bonds. The molecule has 1 saturated carbocycles. The van der Waals surface area contributed by atoms with E-state index >= 15 is 0 Å². The zero-order chi connectivity index (χ0) is 12.8. The summed E-state index contributed by atoms with van der Waals surface area (Å²) in [7, 11) is 0. The maximum atomic E-state index is 6.08. The van der Waals surface area contributed by atoms with Gasteiger partial charge >= 0.3 is 0 Å². The van der Waals surface area contributed by atoms with Gasteiger partial charge in [0.05, 0.1) is 6.61 Å². The Labute approximate surface area is 116 Å². The average Bonchev–Trinajstić information content (AvgIpc) is 2.64. The Morgan fingerprint density at radius 3 is 2.39 bits per heavy atom. The molecule has 1 fully saturated rings. The number of hydrogen-bond donors (Lipinski definition) is 1. The fraction of sp³-hybridized carbons (Fsp3) is 0.625. The van der Waals surface area contributed by atoms with E-state index in [2.05, 4.69) is 37.8 Å². The lowest BCUT2D eigenvalue weighted by Gasteiger charge is -2.31. The van der Waals surface area contributed by atoms with Crippen LogP contribution in [-0.4, -0.2) is 12.4 Å². The highest BCUT2D eigenvalue weighted by atomic mass is 32.1. The molecule has 0 aromatic heterocycles. The first-order valence-corrected chi connectivity index (χ1v) is 7.68. The van der Waals surface area contributed by atoms with Crippen LogP contribution in [0.1, 0.15) is 44.1 Å². The van der Waals surface area contributed by atoms with E-state index < -0.39 is 0 Å². The van der Waals surface area contributed by atoms with Crippen molar-refractivity contribution in [1.29, 1.82) is 0 Å². The second-order valence-corrected chi connectivity index (χ2v) is 5.94. The summed E-state index contributed by atoms with van der Waals surface area (Å²) >= 11 is 4.59. The molecular formula is C16H24OS. The molecule has 1 aliphatic carbocycles. The second kappa shape index (κ2) is 6.51. The monoisotopic (exact) mass is 264 g/mol. The minimum atomic E-state index is 0.294. The third-order valence-corrected chi connectivity index (χ3v) is 4.80. The summed E-state index contributed by atoms with van der Waals surface area (Å²) in [6.45, 7) is 2.93. The lowest BCUT2D eigenvalue weighted by molar-refractivity contribution is 0.147. The zero-order valence-electron chi connectivity index (χ0n) is 11.3. The Balaban J connectivity index is 2.00. The van der Waals surface area contributed by atoms with Crippen LogP contribution in [0.3, 0.4) is 0 Å². The molecule has 0 atom stereocenters. The third kappa shape index (κ3) is 3.44. The first-order chi connectivity index (χ1) is 8.76. The number of thiol groups is 1. The van der Waals surface area contributed by atoms with Gasteiger partial charge in [-0.05, 0) is 37.1 Å². The van der Waals surface area contributed by atoms with Crippen LogP contribution < -0.4 is 4.74 Å². The van der Waals surface area contributed by atoms with E-state index in [0.717, 1.165) is 18.1 Å². The summed E-state index contributed by atoms with van der Waals surface area (Å²) in [5.74, 6) is 1.97. The van der Waals surface area contributed by atoms with Gasteiger partial charge in [-0.15, -0.1) is 0 Å². The fourth-order valence-electron chi connectivity index (χ4n) is 2.78. The quantitative estimate of drug-likeness (QED) is 0.615. The van der Waals surface area contributed by atoms with Crippen LogP contribution in [0.2, 0.25) is 0 Å². The Hall–Kier alpha value is -0.630. The molecule has 0 N–H and O–H groups in total. The highest BCUT2D eigenvalue weighted by molar-refractivity contribution is 7.80. The Morgan fingerprint density at radius 2 is 1.78 bits per heavy atom. The van der Waals surface area contributed by atoms with Gasteiger partial charge in [-0.1, -0.05) is 43.9 Å². The Bertz CT molecular complexity index is 367. The fourth-order valence-corrected chi connectivity index (χ4v) is 3.18. The third-order valence-electron chi connectivity index (χ3n) is 4.13. The van der Waals surface area contributed by atoms with E-state index in [1.807, 2.05) is 6.07 Å². The largest absolute Gasteiger partial charge is 0.493 e. The summed E-state index contributed by atoms with van der Waals surface area (Å²) in [5, 5.41) is 0.